The SMILES string of the molecule is CCCc1ccc(C(N)C2(N3CCCC3)CCCC2)cc1. The largest absolute Gasteiger partial charge is 0.322 e. The number of likely N-dealkylation sites (tertiary alicyclic amines) is 1. The summed E-state index contributed by atoms with van der Waals surface area (Å²) in [6.07, 6.45) is 10.3. The van der Waals surface area contributed by atoms with Gasteiger partial charge in [-0.2, -0.15) is 0 Å². The van der Waals surface area contributed by atoms with Crippen molar-refractivity contribution in [2.24, 2.45) is 5.73 Å². The highest BCUT2D eigenvalue weighted by molar-refractivity contribution is 5.28. The number of hydrogen-bond acceptors (Lipinski definition) is 2. The number of rotatable bonds is 5. The van der Waals surface area contributed by atoms with E-state index in [1.807, 2.05) is 0 Å². The predicted octanol–water partition coefficient (Wildman–Crippen LogP) is 4.05. The van der Waals surface area contributed by atoms with E-state index in [-0.39, 0.29) is 11.6 Å². The molecular formula is C19H30N2. The minimum atomic E-state index is 0.175. The molecule has 2 N–H and O–H groups in total. The van der Waals surface area contributed by atoms with E-state index in [4.69, 9.17) is 5.73 Å². The molecule has 3 rings (SSSR count). The topological polar surface area (TPSA) is 29.3 Å². The first-order chi connectivity index (χ1) is 10.3. The molecule has 1 unspecified atom stereocenters. The van der Waals surface area contributed by atoms with E-state index < -0.39 is 0 Å². The molecule has 1 saturated heterocycles. The molecule has 0 spiro atoms. The van der Waals surface area contributed by atoms with Gasteiger partial charge in [-0.15, -0.1) is 0 Å². The van der Waals surface area contributed by atoms with Crippen LogP contribution in [-0.2, 0) is 6.42 Å². The molecule has 1 atom stereocenters. The molecule has 2 nitrogen and oxygen atoms in total. The highest BCUT2D eigenvalue weighted by Crippen LogP contribution is 2.44. The van der Waals surface area contributed by atoms with Crippen LogP contribution in [0, 0.1) is 0 Å². The average Bonchev–Trinajstić information content (AvgIpc) is 3.19. The van der Waals surface area contributed by atoms with E-state index >= 15 is 0 Å². The molecule has 0 aromatic heterocycles. The first kappa shape index (κ1) is 15.1. The lowest BCUT2D eigenvalue weighted by Crippen LogP contribution is -2.52. The van der Waals surface area contributed by atoms with Crippen LogP contribution in [0.1, 0.15) is 69.0 Å². The number of benzene rings is 1. The molecule has 0 amide bonds. The molecule has 116 valence electrons. The Morgan fingerprint density at radius 2 is 1.67 bits per heavy atom. The third-order valence-electron chi connectivity index (χ3n) is 5.66. The highest BCUT2D eigenvalue weighted by Gasteiger charge is 2.45. The Bertz CT molecular complexity index is 439. The minimum Gasteiger partial charge on any atom is -0.322 e. The average molecular weight is 286 g/mol. The second kappa shape index (κ2) is 6.50. The fourth-order valence-corrected chi connectivity index (χ4v) is 4.46. The van der Waals surface area contributed by atoms with Gasteiger partial charge in [0, 0.05) is 11.6 Å². The van der Waals surface area contributed by atoms with Crippen LogP contribution in [0.4, 0.5) is 0 Å². The minimum absolute atomic E-state index is 0.175. The lowest BCUT2D eigenvalue weighted by molar-refractivity contribution is 0.0922. The normalized spacial score (nSPS) is 23.5. The Labute approximate surface area is 129 Å². The lowest BCUT2D eigenvalue weighted by Gasteiger charge is -2.43. The van der Waals surface area contributed by atoms with Crippen molar-refractivity contribution in [1.29, 1.82) is 0 Å². The molecule has 1 aliphatic carbocycles. The van der Waals surface area contributed by atoms with Crippen molar-refractivity contribution >= 4 is 0 Å². The first-order valence-electron chi connectivity index (χ1n) is 8.86. The summed E-state index contributed by atoms with van der Waals surface area (Å²) < 4.78 is 0. The van der Waals surface area contributed by atoms with Crippen LogP contribution < -0.4 is 5.73 Å². The Morgan fingerprint density at radius 3 is 2.24 bits per heavy atom. The third kappa shape index (κ3) is 2.89. The molecule has 1 heterocycles. The lowest BCUT2D eigenvalue weighted by atomic mass is 9.82. The van der Waals surface area contributed by atoms with Gasteiger partial charge in [0.1, 0.15) is 0 Å². The van der Waals surface area contributed by atoms with Gasteiger partial charge in [0.05, 0.1) is 0 Å². The van der Waals surface area contributed by atoms with Crippen molar-refractivity contribution in [3.05, 3.63) is 35.4 Å². The quantitative estimate of drug-likeness (QED) is 0.885. The van der Waals surface area contributed by atoms with Crippen LogP contribution in [0.25, 0.3) is 0 Å². The maximum absolute atomic E-state index is 6.80. The van der Waals surface area contributed by atoms with Crippen LogP contribution in [0.5, 0.6) is 0 Å². The molecule has 2 aliphatic rings. The molecule has 1 saturated carbocycles. The molecule has 0 bridgehead atoms. The Balaban J connectivity index is 1.81. The Morgan fingerprint density at radius 1 is 1.05 bits per heavy atom. The summed E-state index contributed by atoms with van der Waals surface area (Å²) in [4.78, 5) is 2.71. The van der Waals surface area contributed by atoms with Crippen LogP contribution >= 0.6 is 0 Å². The van der Waals surface area contributed by atoms with Gasteiger partial charge in [-0.3, -0.25) is 4.90 Å². The Kier molecular flexibility index (Phi) is 4.66. The molecule has 2 heteroatoms. The number of hydrogen-bond donors (Lipinski definition) is 1. The zero-order chi connectivity index (χ0) is 14.7. The van der Waals surface area contributed by atoms with Crippen molar-refractivity contribution in [1.82, 2.24) is 4.90 Å². The van der Waals surface area contributed by atoms with Crippen molar-refractivity contribution in [2.45, 2.75) is 69.9 Å². The predicted molar refractivity (Wildman–Crippen MR) is 89.4 cm³/mol. The van der Waals surface area contributed by atoms with Gasteiger partial charge in [0.15, 0.2) is 0 Å². The molecule has 2 fully saturated rings. The van der Waals surface area contributed by atoms with Crippen molar-refractivity contribution in [3.63, 3.8) is 0 Å². The van der Waals surface area contributed by atoms with E-state index in [1.54, 1.807) is 0 Å². The Hall–Kier alpha value is -0.860. The monoisotopic (exact) mass is 286 g/mol. The fraction of sp³-hybridized carbons (Fsp3) is 0.684. The fourth-order valence-electron chi connectivity index (χ4n) is 4.46. The van der Waals surface area contributed by atoms with Crippen LogP contribution in [0.2, 0.25) is 0 Å². The molecule has 1 aromatic rings. The second-order valence-electron chi connectivity index (χ2n) is 6.97. The smallest absolute Gasteiger partial charge is 0.0482 e. The van der Waals surface area contributed by atoms with Crippen LogP contribution in [-0.4, -0.2) is 23.5 Å². The molecule has 1 aromatic carbocycles. The zero-order valence-corrected chi connectivity index (χ0v) is 13.5. The summed E-state index contributed by atoms with van der Waals surface area (Å²) in [5.74, 6) is 0. The van der Waals surface area contributed by atoms with Crippen molar-refractivity contribution < 1.29 is 0 Å². The van der Waals surface area contributed by atoms with E-state index in [0.29, 0.717) is 0 Å². The van der Waals surface area contributed by atoms with Gasteiger partial charge in [-0.1, -0.05) is 50.5 Å². The standard InChI is InChI=1S/C19H30N2/c1-2-7-16-8-10-17(11-9-16)18(20)19(12-3-4-13-19)21-14-5-6-15-21/h8-11,18H,2-7,12-15,20H2,1H3. The molecule has 1 aliphatic heterocycles. The maximum atomic E-state index is 6.80. The van der Waals surface area contributed by atoms with Crippen molar-refractivity contribution in [2.75, 3.05) is 13.1 Å². The summed E-state index contributed by atoms with van der Waals surface area (Å²) in [6.45, 7) is 4.74. The van der Waals surface area contributed by atoms with Crippen LogP contribution in [0.3, 0.4) is 0 Å². The summed E-state index contributed by atoms with van der Waals surface area (Å²) >= 11 is 0. The molecule has 0 radical (unpaired) electrons. The summed E-state index contributed by atoms with van der Waals surface area (Å²) in [5.41, 5.74) is 9.81. The highest BCUT2D eigenvalue weighted by atomic mass is 15.2. The summed E-state index contributed by atoms with van der Waals surface area (Å²) in [5, 5.41) is 0. The maximum Gasteiger partial charge on any atom is 0.0482 e. The van der Waals surface area contributed by atoms with Crippen molar-refractivity contribution in [3.8, 4) is 0 Å². The second-order valence-corrected chi connectivity index (χ2v) is 6.97. The summed E-state index contributed by atoms with van der Waals surface area (Å²) in [7, 11) is 0. The third-order valence-corrected chi connectivity index (χ3v) is 5.66. The first-order valence-corrected chi connectivity index (χ1v) is 8.86. The van der Waals surface area contributed by atoms with E-state index in [9.17, 15) is 0 Å². The van der Waals surface area contributed by atoms with Gasteiger partial charge in [-0.25, -0.2) is 0 Å². The molecule has 21 heavy (non-hydrogen) atoms. The van der Waals surface area contributed by atoms with E-state index in [1.165, 1.54) is 75.6 Å². The zero-order valence-electron chi connectivity index (χ0n) is 13.5. The van der Waals surface area contributed by atoms with Gasteiger partial charge >= 0.3 is 0 Å². The number of aryl methyl sites for hydroxylation is 1. The number of nitrogens with zero attached hydrogens (tertiary/aromatic N) is 1. The van der Waals surface area contributed by atoms with E-state index in [0.717, 1.165) is 0 Å². The number of nitrogens with two attached hydrogens (primary N) is 1. The molecular weight excluding hydrogens is 256 g/mol. The van der Waals surface area contributed by atoms with Gasteiger partial charge < -0.3 is 5.73 Å². The van der Waals surface area contributed by atoms with E-state index in [2.05, 4.69) is 36.1 Å². The van der Waals surface area contributed by atoms with Gasteiger partial charge in [0.25, 0.3) is 0 Å². The van der Waals surface area contributed by atoms with Gasteiger partial charge in [-0.05, 0) is 56.3 Å². The summed E-state index contributed by atoms with van der Waals surface area (Å²) in [6, 6.07) is 9.31. The van der Waals surface area contributed by atoms with Gasteiger partial charge in [0.2, 0.25) is 0 Å². The van der Waals surface area contributed by atoms with Crippen LogP contribution in [0.15, 0.2) is 24.3 Å².